The van der Waals surface area contributed by atoms with Crippen LogP contribution in [0, 0.1) is 11.8 Å². The smallest absolute Gasteiger partial charge is 0.304 e. The third-order valence-corrected chi connectivity index (χ3v) is 2.54. The normalized spacial score (nSPS) is 31.3. The van der Waals surface area contributed by atoms with Crippen LogP contribution >= 0.6 is 0 Å². The van der Waals surface area contributed by atoms with Crippen molar-refractivity contribution in [3.05, 3.63) is 0 Å². The van der Waals surface area contributed by atoms with E-state index < -0.39 is 17.8 Å². The lowest BCUT2D eigenvalue weighted by atomic mass is 9.85. The zero-order valence-corrected chi connectivity index (χ0v) is 8.11. The summed E-state index contributed by atoms with van der Waals surface area (Å²) in [5.41, 5.74) is 0. The van der Waals surface area contributed by atoms with Gasteiger partial charge in [-0.1, -0.05) is 0 Å². The molecule has 0 aromatic carbocycles. The summed E-state index contributed by atoms with van der Waals surface area (Å²) in [7, 11) is 0. The van der Waals surface area contributed by atoms with Crippen molar-refractivity contribution in [1.29, 1.82) is 0 Å². The molecule has 14 heavy (non-hydrogen) atoms. The molecule has 0 saturated carbocycles. The number of ketones is 1. The zero-order chi connectivity index (χ0) is 10.9. The lowest BCUT2D eigenvalue weighted by Crippen LogP contribution is -2.29. The van der Waals surface area contributed by atoms with Gasteiger partial charge >= 0.3 is 5.97 Å². The Morgan fingerprint density at radius 2 is 2.07 bits per heavy atom. The molecule has 1 aliphatic rings. The summed E-state index contributed by atoms with van der Waals surface area (Å²) < 4.78 is 0. The fourth-order valence-corrected chi connectivity index (χ4v) is 1.98. The van der Waals surface area contributed by atoms with Gasteiger partial charge in [-0.15, -0.1) is 0 Å². The van der Waals surface area contributed by atoms with Crippen molar-refractivity contribution >= 4 is 17.7 Å². The molecule has 2 N–H and O–H groups in total. The van der Waals surface area contributed by atoms with Crippen molar-refractivity contribution in [3.63, 3.8) is 0 Å². The summed E-state index contributed by atoms with van der Waals surface area (Å²) >= 11 is 0. The first-order chi connectivity index (χ1) is 6.43. The van der Waals surface area contributed by atoms with Gasteiger partial charge in [0, 0.05) is 12.0 Å². The van der Waals surface area contributed by atoms with Crippen molar-refractivity contribution < 1.29 is 19.5 Å². The fourth-order valence-electron chi connectivity index (χ4n) is 1.98. The van der Waals surface area contributed by atoms with E-state index in [1.165, 1.54) is 6.92 Å². The van der Waals surface area contributed by atoms with Crippen LogP contribution in [0.25, 0.3) is 0 Å². The van der Waals surface area contributed by atoms with Gasteiger partial charge in [0.1, 0.15) is 5.78 Å². The molecule has 0 spiro atoms. The number of carbonyl (C=O) groups excluding carboxylic acids is 2. The first-order valence-electron chi connectivity index (χ1n) is 4.46. The molecule has 0 aromatic heterocycles. The highest BCUT2D eigenvalue weighted by Crippen LogP contribution is 2.27. The Bertz CT molecular complexity index is 287. The number of carboxylic acids is 1. The van der Waals surface area contributed by atoms with Gasteiger partial charge in [0.05, 0.1) is 12.3 Å². The predicted molar refractivity (Wildman–Crippen MR) is 47.5 cm³/mol. The Morgan fingerprint density at radius 3 is 2.50 bits per heavy atom. The van der Waals surface area contributed by atoms with E-state index in [4.69, 9.17) is 5.11 Å². The van der Waals surface area contributed by atoms with Crippen molar-refractivity contribution in [3.8, 4) is 0 Å². The molecule has 3 atom stereocenters. The van der Waals surface area contributed by atoms with Gasteiger partial charge in [-0.05, 0) is 13.8 Å². The van der Waals surface area contributed by atoms with E-state index in [0.717, 1.165) is 0 Å². The average molecular weight is 199 g/mol. The minimum Gasteiger partial charge on any atom is -0.481 e. The van der Waals surface area contributed by atoms with Crippen molar-refractivity contribution in [1.82, 2.24) is 5.32 Å². The zero-order valence-electron chi connectivity index (χ0n) is 8.11. The maximum atomic E-state index is 11.3. The van der Waals surface area contributed by atoms with E-state index in [9.17, 15) is 14.4 Å². The molecule has 1 rings (SSSR count). The molecule has 5 nitrogen and oxygen atoms in total. The summed E-state index contributed by atoms with van der Waals surface area (Å²) in [6.07, 6.45) is -0.277. The van der Waals surface area contributed by atoms with Crippen LogP contribution in [0.2, 0.25) is 0 Å². The molecule has 1 aliphatic heterocycles. The molecule has 5 heteroatoms. The molecule has 0 bridgehead atoms. The minimum atomic E-state index is -1.05. The maximum Gasteiger partial charge on any atom is 0.304 e. The van der Waals surface area contributed by atoms with Gasteiger partial charge in [0.2, 0.25) is 5.91 Å². The molecule has 1 fully saturated rings. The quantitative estimate of drug-likeness (QED) is 0.659. The maximum absolute atomic E-state index is 11.3. The van der Waals surface area contributed by atoms with Crippen LogP contribution in [0.4, 0.5) is 0 Å². The fraction of sp³-hybridized carbons (Fsp3) is 0.667. The molecular formula is C9H13NO4. The van der Waals surface area contributed by atoms with E-state index in [2.05, 4.69) is 5.32 Å². The molecule has 0 aromatic rings. The summed E-state index contributed by atoms with van der Waals surface area (Å²) in [6, 6.07) is -0.260. The third-order valence-electron chi connectivity index (χ3n) is 2.54. The number of Topliss-reactive ketones (excluding diaryl/α,β-unsaturated/α-hetero) is 1. The Balaban J connectivity index is 2.83. The Labute approximate surface area is 81.5 Å². The highest BCUT2D eigenvalue weighted by molar-refractivity contribution is 5.93. The van der Waals surface area contributed by atoms with Gasteiger partial charge in [-0.3, -0.25) is 14.4 Å². The van der Waals surface area contributed by atoms with Crippen molar-refractivity contribution in [2.45, 2.75) is 26.3 Å². The number of rotatable bonds is 3. The summed E-state index contributed by atoms with van der Waals surface area (Å²) in [5, 5.41) is 11.2. The summed E-state index contributed by atoms with van der Waals surface area (Å²) in [5.74, 6) is -2.73. The first-order valence-corrected chi connectivity index (χ1v) is 4.46. The summed E-state index contributed by atoms with van der Waals surface area (Å²) in [4.78, 5) is 33.0. The highest BCUT2D eigenvalue weighted by atomic mass is 16.4. The molecule has 1 amide bonds. The second-order valence-electron chi connectivity index (χ2n) is 3.64. The largest absolute Gasteiger partial charge is 0.481 e. The Kier molecular flexibility index (Phi) is 2.88. The number of nitrogens with one attached hydrogen (secondary N) is 1. The van der Waals surface area contributed by atoms with E-state index in [-0.39, 0.29) is 24.2 Å². The topological polar surface area (TPSA) is 83.5 Å². The van der Waals surface area contributed by atoms with Crippen LogP contribution in [-0.2, 0) is 14.4 Å². The minimum absolute atomic E-state index is 0.137. The molecule has 78 valence electrons. The Morgan fingerprint density at radius 1 is 1.50 bits per heavy atom. The lowest BCUT2D eigenvalue weighted by Gasteiger charge is -2.14. The molecule has 1 saturated heterocycles. The van der Waals surface area contributed by atoms with Crippen LogP contribution in [0.1, 0.15) is 20.3 Å². The molecule has 0 aliphatic carbocycles. The monoisotopic (exact) mass is 199 g/mol. The highest BCUT2D eigenvalue weighted by Gasteiger charge is 2.43. The van der Waals surface area contributed by atoms with Gasteiger partial charge in [-0.2, -0.15) is 0 Å². The Hall–Kier alpha value is -1.39. The third kappa shape index (κ3) is 1.92. The number of hydrogen-bond acceptors (Lipinski definition) is 3. The van der Waals surface area contributed by atoms with Crippen molar-refractivity contribution in [2.75, 3.05) is 0 Å². The van der Waals surface area contributed by atoms with Crippen LogP contribution in [0.15, 0.2) is 0 Å². The number of aliphatic carboxylic acids is 1. The second-order valence-corrected chi connectivity index (χ2v) is 3.64. The van der Waals surface area contributed by atoms with Crippen LogP contribution in [-0.4, -0.2) is 28.8 Å². The SMILES string of the molecule is CC(=O)[C@@H]1[C@@H](C)NC(=O)[C@@H]1CC(=O)O. The number of carbonyl (C=O) groups is 3. The first kappa shape index (κ1) is 10.7. The standard InChI is InChI=1S/C9H13NO4/c1-4-8(5(2)11)6(3-7(12)13)9(14)10-4/h4,6,8H,3H2,1-2H3,(H,10,14)(H,12,13)/t4-,6-,8+/m1/s1. The van der Waals surface area contributed by atoms with Gasteiger partial charge in [0.15, 0.2) is 0 Å². The molecule has 0 unspecified atom stereocenters. The lowest BCUT2D eigenvalue weighted by molar-refractivity contribution is -0.141. The van der Waals surface area contributed by atoms with Gasteiger partial charge in [0.25, 0.3) is 0 Å². The average Bonchev–Trinajstić information content (AvgIpc) is 2.25. The van der Waals surface area contributed by atoms with Crippen LogP contribution < -0.4 is 5.32 Å². The van der Waals surface area contributed by atoms with Gasteiger partial charge < -0.3 is 10.4 Å². The van der Waals surface area contributed by atoms with E-state index in [0.29, 0.717) is 0 Å². The number of amides is 1. The van der Waals surface area contributed by atoms with Gasteiger partial charge in [-0.25, -0.2) is 0 Å². The van der Waals surface area contributed by atoms with E-state index in [1.807, 2.05) is 0 Å². The second kappa shape index (κ2) is 3.77. The molecular weight excluding hydrogens is 186 g/mol. The van der Waals surface area contributed by atoms with E-state index >= 15 is 0 Å². The van der Waals surface area contributed by atoms with E-state index in [1.54, 1.807) is 6.92 Å². The van der Waals surface area contributed by atoms with Crippen molar-refractivity contribution in [2.24, 2.45) is 11.8 Å². The van der Waals surface area contributed by atoms with Crippen LogP contribution in [0.5, 0.6) is 0 Å². The van der Waals surface area contributed by atoms with Crippen LogP contribution in [0.3, 0.4) is 0 Å². The number of hydrogen-bond donors (Lipinski definition) is 2. The predicted octanol–water partition coefficient (Wildman–Crippen LogP) is -0.199. The molecule has 1 heterocycles. The molecule has 0 radical (unpaired) electrons. The number of carboxylic acid groups (broad SMARTS) is 1. The summed E-state index contributed by atoms with van der Waals surface area (Å²) in [6.45, 7) is 3.10.